The Labute approximate surface area is 165 Å². The molecular formula is C20H19FN6O2. The summed E-state index contributed by atoms with van der Waals surface area (Å²) in [6, 6.07) is 12.3. The highest BCUT2D eigenvalue weighted by atomic mass is 19.1. The molecule has 0 aliphatic heterocycles. The van der Waals surface area contributed by atoms with E-state index in [0.29, 0.717) is 12.2 Å². The first kappa shape index (κ1) is 18.6. The molecule has 0 bridgehead atoms. The van der Waals surface area contributed by atoms with E-state index in [9.17, 15) is 14.0 Å². The normalized spacial score (nSPS) is 11.3. The molecule has 0 aliphatic carbocycles. The standard InChI is InChI=1S/C20H19FN6O2/c1-26(2)11-18-23-14-8-7-12(9-15(14)24-18)22-20(29)17-10-19(28)25-27(17)16-6-4-3-5-13(16)21/h3-10H,11H2,1-2H3,(H,22,29)(H,23,24)(H,25,28). The van der Waals surface area contributed by atoms with E-state index in [0.717, 1.165) is 27.6 Å². The summed E-state index contributed by atoms with van der Waals surface area (Å²) < 4.78 is 15.3. The van der Waals surface area contributed by atoms with Crippen molar-refractivity contribution in [2.45, 2.75) is 6.54 Å². The molecule has 148 valence electrons. The molecule has 0 aliphatic rings. The molecule has 2 aromatic carbocycles. The first-order valence-corrected chi connectivity index (χ1v) is 8.92. The molecule has 0 saturated heterocycles. The molecule has 0 fully saturated rings. The molecule has 0 unspecified atom stereocenters. The number of hydrogen-bond donors (Lipinski definition) is 3. The van der Waals surface area contributed by atoms with E-state index in [2.05, 4.69) is 20.4 Å². The Morgan fingerprint density at radius 2 is 2.00 bits per heavy atom. The van der Waals surface area contributed by atoms with Gasteiger partial charge in [0.1, 0.15) is 17.3 Å². The second-order valence-electron chi connectivity index (χ2n) is 6.90. The third-order valence-electron chi connectivity index (χ3n) is 4.31. The summed E-state index contributed by atoms with van der Waals surface area (Å²) in [5.41, 5.74) is 1.66. The lowest BCUT2D eigenvalue weighted by Gasteiger charge is -2.10. The van der Waals surface area contributed by atoms with E-state index in [1.54, 1.807) is 24.3 Å². The zero-order valence-electron chi connectivity index (χ0n) is 15.9. The van der Waals surface area contributed by atoms with Crippen LogP contribution in [0.4, 0.5) is 10.1 Å². The number of para-hydroxylation sites is 1. The highest BCUT2D eigenvalue weighted by Crippen LogP contribution is 2.19. The topological polar surface area (TPSA) is 98.8 Å². The number of nitrogens with zero attached hydrogens (tertiary/aromatic N) is 3. The Morgan fingerprint density at radius 1 is 1.21 bits per heavy atom. The molecule has 0 saturated carbocycles. The minimum Gasteiger partial charge on any atom is -0.341 e. The number of halogens is 1. The van der Waals surface area contributed by atoms with Gasteiger partial charge in [0.2, 0.25) is 0 Å². The number of rotatable bonds is 5. The van der Waals surface area contributed by atoms with E-state index in [1.165, 1.54) is 18.2 Å². The molecule has 2 heterocycles. The molecule has 2 aromatic heterocycles. The minimum absolute atomic E-state index is 0.00176. The van der Waals surface area contributed by atoms with Crippen molar-refractivity contribution in [2.24, 2.45) is 0 Å². The van der Waals surface area contributed by atoms with Gasteiger partial charge in [-0.15, -0.1) is 0 Å². The number of anilines is 1. The van der Waals surface area contributed by atoms with Gasteiger partial charge in [-0.3, -0.25) is 14.7 Å². The maximum absolute atomic E-state index is 14.1. The number of carbonyl (C=O) groups excluding carboxylic acids is 1. The predicted molar refractivity (Wildman–Crippen MR) is 108 cm³/mol. The van der Waals surface area contributed by atoms with Crippen molar-refractivity contribution in [3.8, 4) is 5.69 Å². The van der Waals surface area contributed by atoms with Gasteiger partial charge in [0.15, 0.2) is 0 Å². The lowest BCUT2D eigenvalue weighted by Crippen LogP contribution is -2.17. The zero-order chi connectivity index (χ0) is 20.5. The Balaban J connectivity index is 1.63. The van der Waals surface area contributed by atoms with E-state index >= 15 is 0 Å². The average molecular weight is 394 g/mol. The quantitative estimate of drug-likeness (QED) is 0.484. The number of aromatic nitrogens is 4. The highest BCUT2D eigenvalue weighted by Gasteiger charge is 2.17. The summed E-state index contributed by atoms with van der Waals surface area (Å²) in [4.78, 5) is 34.3. The first-order chi connectivity index (χ1) is 13.9. The van der Waals surface area contributed by atoms with Gasteiger partial charge in [0, 0.05) is 11.8 Å². The second kappa shape index (κ2) is 7.36. The third-order valence-corrected chi connectivity index (χ3v) is 4.31. The van der Waals surface area contributed by atoms with E-state index < -0.39 is 17.3 Å². The van der Waals surface area contributed by atoms with Crippen LogP contribution in [0, 0.1) is 5.82 Å². The summed E-state index contributed by atoms with van der Waals surface area (Å²) in [6.45, 7) is 0.661. The number of aromatic amines is 2. The average Bonchev–Trinajstić information content (AvgIpc) is 3.24. The van der Waals surface area contributed by atoms with Crippen molar-refractivity contribution in [3.05, 3.63) is 76.2 Å². The number of H-pyrrole nitrogens is 2. The summed E-state index contributed by atoms with van der Waals surface area (Å²) in [7, 11) is 3.90. The van der Waals surface area contributed by atoms with Crippen molar-refractivity contribution < 1.29 is 9.18 Å². The number of hydrogen-bond acceptors (Lipinski definition) is 4. The van der Waals surface area contributed by atoms with E-state index in [-0.39, 0.29) is 11.4 Å². The Morgan fingerprint density at radius 3 is 2.76 bits per heavy atom. The Hall–Kier alpha value is -3.72. The van der Waals surface area contributed by atoms with Crippen LogP contribution in [0.1, 0.15) is 16.3 Å². The molecule has 3 N–H and O–H groups in total. The monoisotopic (exact) mass is 394 g/mol. The van der Waals surface area contributed by atoms with Crippen LogP contribution >= 0.6 is 0 Å². The molecule has 0 spiro atoms. The van der Waals surface area contributed by atoms with Crippen LogP contribution in [-0.4, -0.2) is 44.7 Å². The van der Waals surface area contributed by atoms with Crippen LogP contribution in [0.5, 0.6) is 0 Å². The second-order valence-corrected chi connectivity index (χ2v) is 6.90. The maximum Gasteiger partial charge on any atom is 0.274 e. The van der Waals surface area contributed by atoms with Crippen LogP contribution in [0.15, 0.2) is 53.3 Å². The van der Waals surface area contributed by atoms with Gasteiger partial charge in [-0.1, -0.05) is 12.1 Å². The van der Waals surface area contributed by atoms with Gasteiger partial charge in [0.25, 0.3) is 11.5 Å². The smallest absolute Gasteiger partial charge is 0.274 e. The lowest BCUT2D eigenvalue weighted by atomic mass is 10.2. The number of amides is 1. The number of benzene rings is 2. The zero-order valence-corrected chi connectivity index (χ0v) is 15.9. The van der Waals surface area contributed by atoms with E-state index in [4.69, 9.17) is 0 Å². The van der Waals surface area contributed by atoms with Crippen LogP contribution in [0.2, 0.25) is 0 Å². The fourth-order valence-corrected chi connectivity index (χ4v) is 3.09. The number of imidazole rings is 1. The fourth-order valence-electron chi connectivity index (χ4n) is 3.09. The molecular weight excluding hydrogens is 375 g/mol. The molecule has 0 radical (unpaired) electrons. The molecule has 8 nitrogen and oxygen atoms in total. The van der Waals surface area contributed by atoms with Gasteiger partial charge in [-0.25, -0.2) is 14.1 Å². The largest absolute Gasteiger partial charge is 0.341 e. The van der Waals surface area contributed by atoms with Gasteiger partial charge in [-0.2, -0.15) is 0 Å². The number of fused-ring (bicyclic) bond motifs is 1. The SMILES string of the molecule is CN(C)Cc1nc2ccc(NC(=O)c3cc(=O)[nH]n3-c3ccccc3F)cc2[nH]1. The third kappa shape index (κ3) is 3.81. The Bertz CT molecular complexity index is 1250. The van der Waals surface area contributed by atoms with E-state index in [1.807, 2.05) is 19.0 Å². The summed E-state index contributed by atoms with van der Waals surface area (Å²) in [6.07, 6.45) is 0. The predicted octanol–water partition coefficient (Wildman–Crippen LogP) is 2.49. The number of carbonyl (C=O) groups is 1. The van der Waals surface area contributed by atoms with Crippen molar-refractivity contribution in [1.82, 2.24) is 24.6 Å². The van der Waals surface area contributed by atoms with Crippen LogP contribution in [0.3, 0.4) is 0 Å². The van der Waals surface area contributed by atoms with Crippen molar-refractivity contribution in [2.75, 3.05) is 19.4 Å². The van der Waals surface area contributed by atoms with Crippen molar-refractivity contribution in [3.63, 3.8) is 0 Å². The Kier molecular flexibility index (Phi) is 4.73. The highest BCUT2D eigenvalue weighted by molar-refractivity contribution is 6.04. The molecule has 9 heteroatoms. The summed E-state index contributed by atoms with van der Waals surface area (Å²) in [5.74, 6) is -0.285. The maximum atomic E-state index is 14.1. The van der Waals surface area contributed by atoms with Crippen LogP contribution in [-0.2, 0) is 6.54 Å². The first-order valence-electron chi connectivity index (χ1n) is 8.92. The van der Waals surface area contributed by atoms with Crippen molar-refractivity contribution >= 4 is 22.6 Å². The van der Waals surface area contributed by atoms with Gasteiger partial charge in [-0.05, 0) is 44.4 Å². The molecule has 0 atom stereocenters. The number of nitrogens with one attached hydrogen (secondary N) is 3. The molecule has 1 amide bonds. The van der Waals surface area contributed by atoms with Gasteiger partial charge in [0.05, 0.1) is 23.3 Å². The summed E-state index contributed by atoms with van der Waals surface area (Å²) in [5, 5.41) is 5.20. The fraction of sp³-hybridized carbons (Fsp3) is 0.150. The summed E-state index contributed by atoms with van der Waals surface area (Å²) >= 11 is 0. The van der Waals surface area contributed by atoms with Gasteiger partial charge >= 0.3 is 0 Å². The van der Waals surface area contributed by atoms with Gasteiger partial charge < -0.3 is 15.2 Å². The molecule has 4 aromatic rings. The minimum atomic E-state index is -0.555. The van der Waals surface area contributed by atoms with Crippen LogP contribution < -0.4 is 10.9 Å². The van der Waals surface area contributed by atoms with Crippen LogP contribution in [0.25, 0.3) is 16.7 Å². The molecule has 29 heavy (non-hydrogen) atoms. The van der Waals surface area contributed by atoms with Crippen molar-refractivity contribution in [1.29, 1.82) is 0 Å². The molecule has 4 rings (SSSR count). The lowest BCUT2D eigenvalue weighted by molar-refractivity contribution is 0.101.